The Morgan fingerprint density at radius 1 is 1.39 bits per heavy atom. The lowest BCUT2D eigenvalue weighted by Crippen LogP contribution is -2.04. The molecule has 6 heteroatoms. The van der Waals surface area contributed by atoms with E-state index in [1.807, 2.05) is 32.0 Å². The molecule has 0 aliphatic carbocycles. The maximum Gasteiger partial charge on any atom is 0.214 e. The predicted octanol–water partition coefficient (Wildman–Crippen LogP) is 3.12. The van der Waals surface area contributed by atoms with Crippen molar-refractivity contribution in [2.75, 3.05) is 5.75 Å². The Bertz CT molecular complexity index is 559. The number of benzene rings is 1. The van der Waals surface area contributed by atoms with E-state index >= 15 is 0 Å². The lowest BCUT2D eigenvalue weighted by molar-refractivity contribution is 0.747. The summed E-state index contributed by atoms with van der Waals surface area (Å²) in [6.07, 6.45) is 0. The number of nitrogens with zero attached hydrogens (tertiary/aromatic N) is 4. The normalized spacial score (nSPS) is 10.6. The average Bonchev–Trinajstić information content (AvgIpc) is 2.74. The highest BCUT2D eigenvalue weighted by Gasteiger charge is 2.13. The van der Waals surface area contributed by atoms with Crippen LogP contribution in [0.1, 0.15) is 11.1 Å². The molecule has 0 unspecified atom stereocenters. The smallest absolute Gasteiger partial charge is 0.187 e. The number of aromatic nitrogens is 4. The second-order valence-electron chi connectivity index (χ2n) is 3.92. The van der Waals surface area contributed by atoms with Crippen molar-refractivity contribution in [3.05, 3.63) is 40.9 Å². The second kappa shape index (κ2) is 5.54. The van der Waals surface area contributed by atoms with Gasteiger partial charge in [0.25, 0.3) is 0 Å². The van der Waals surface area contributed by atoms with Crippen LogP contribution in [0.15, 0.2) is 35.0 Å². The minimum atomic E-state index is 0.580. The molecule has 0 spiro atoms. The summed E-state index contributed by atoms with van der Waals surface area (Å²) in [5, 5.41) is 13.1. The molecule has 2 rings (SSSR count). The van der Waals surface area contributed by atoms with Crippen molar-refractivity contribution in [2.24, 2.45) is 0 Å². The number of para-hydroxylation sites is 1. The van der Waals surface area contributed by atoms with E-state index < -0.39 is 0 Å². The molecule has 0 saturated heterocycles. The molecule has 0 bridgehead atoms. The molecule has 0 aliphatic heterocycles. The van der Waals surface area contributed by atoms with Crippen LogP contribution < -0.4 is 0 Å². The molecule has 0 amide bonds. The van der Waals surface area contributed by atoms with Crippen LogP contribution in [-0.4, -0.2) is 26.0 Å². The van der Waals surface area contributed by atoms with Crippen molar-refractivity contribution < 1.29 is 0 Å². The van der Waals surface area contributed by atoms with E-state index in [-0.39, 0.29) is 0 Å². The SMILES string of the molecule is C=C(Cl)CSc1nnnn1-c1c(C)cccc1C. The summed E-state index contributed by atoms with van der Waals surface area (Å²) >= 11 is 7.23. The minimum Gasteiger partial charge on any atom is -0.187 e. The van der Waals surface area contributed by atoms with Gasteiger partial charge in [-0.05, 0) is 35.4 Å². The quantitative estimate of drug-likeness (QED) is 0.807. The molecular formula is C12H13ClN4S. The minimum absolute atomic E-state index is 0.580. The summed E-state index contributed by atoms with van der Waals surface area (Å²) in [6, 6.07) is 6.10. The molecular weight excluding hydrogens is 268 g/mol. The first-order valence-electron chi connectivity index (χ1n) is 5.40. The van der Waals surface area contributed by atoms with Crippen LogP contribution >= 0.6 is 23.4 Å². The number of rotatable bonds is 4. The van der Waals surface area contributed by atoms with Crippen molar-refractivity contribution in [3.63, 3.8) is 0 Å². The van der Waals surface area contributed by atoms with E-state index in [2.05, 4.69) is 22.1 Å². The Balaban J connectivity index is 2.39. The fourth-order valence-corrected chi connectivity index (χ4v) is 2.49. The van der Waals surface area contributed by atoms with Crippen LogP contribution in [0, 0.1) is 13.8 Å². The molecule has 0 radical (unpaired) electrons. The van der Waals surface area contributed by atoms with Crippen molar-refractivity contribution in [1.82, 2.24) is 20.2 Å². The van der Waals surface area contributed by atoms with Gasteiger partial charge in [-0.2, -0.15) is 4.68 Å². The predicted molar refractivity (Wildman–Crippen MR) is 74.3 cm³/mol. The fourth-order valence-electron chi connectivity index (χ4n) is 1.69. The van der Waals surface area contributed by atoms with Gasteiger partial charge in [0.15, 0.2) is 0 Å². The summed E-state index contributed by atoms with van der Waals surface area (Å²) in [7, 11) is 0. The number of thioether (sulfide) groups is 1. The van der Waals surface area contributed by atoms with Crippen LogP contribution in [0.25, 0.3) is 5.69 Å². The van der Waals surface area contributed by atoms with Crippen molar-refractivity contribution >= 4 is 23.4 Å². The molecule has 1 aromatic carbocycles. The lowest BCUT2D eigenvalue weighted by atomic mass is 10.1. The Morgan fingerprint density at radius 2 is 2.06 bits per heavy atom. The van der Waals surface area contributed by atoms with E-state index in [1.54, 1.807) is 4.68 Å². The Morgan fingerprint density at radius 3 is 2.67 bits per heavy atom. The number of halogens is 1. The third kappa shape index (κ3) is 2.73. The lowest BCUT2D eigenvalue weighted by Gasteiger charge is -2.10. The van der Waals surface area contributed by atoms with Crippen LogP contribution in [0.3, 0.4) is 0 Å². The third-order valence-corrected chi connectivity index (χ3v) is 3.75. The molecule has 94 valence electrons. The maximum absolute atomic E-state index is 5.76. The maximum atomic E-state index is 5.76. The highest BCUT2D eigenvalue weighted by molar-refractivity contribution is 7.99. The van der Waals surface area contributed by atoms with Gasteiger partial charge in [-0.3, -0.25) is 0 Å². The molecule has 0 fully saturated rings. The zero-order chi connectivity index (χ0) is 13.1. The Hall–Kier alpha value is -1.33. The summed E-state index contributed by atoms with van der Waals surface area (Å²) in [5.74, 6) is 0.590. The first kappa shape index (κ1) is 13.1. The first-order valence-corrected chi connectivity index (χ1v) is 6.77. The Labute approximate surface area is 115 Å². The van der Waals surface area contributed by atoms with Gasteiger partial charge in [0.05, 0.1) is 5.69 Å². The monoisotopic (exact) mass is 280 g/mol. The summed E-state index contributed by atoms with van der Waals surface area (Å²) in [6.45, 7) is 7.74. The molecule has 0 saturated carbocycles. The van der Waals surface area contributed by atoms with Crippen LogP contribution in [0.4, 0.5) is 0 Å². The van der Waals surface area contributed by atoms with Gasteiger partial charge < -0.3 is 0 Å². The van der Waals surface area contributed by atoms with Gasteiger partial charge in [-0.1, -0.05) is 48.1 Å². The molecule has 18 heavy (non-hydrogen) atoms. The number of aryl methyl sites for hydroxylation is 2. The van der Waals surface area contributed by atoms with Crippen molar-refractivity contribution in [1.29, 1.82) is 0 Å². The highest BCUT2D eigenvalue weighted by Crippen LogP contribution is 2.24. The van der Waals surface area contributed by atoms with E-state index in [4.69, 9.17) is 11.6 Å². The van der Waals surface area contributed by atoms with Crippen molar-refractivity contribution in [2.45, 2.75) is 19.0 Å². The zero-order valence-electron chi connectivity index (χ0n) is 10.2. The summed E-state index contributed by atoms with van der Waals surface area (Å²) < 4.78 is 1.75. The van der Waals surface area contributed by atoms with Crippen molar-refractivity contribution in [3.8, 4) is 5.69 Å². The number of hydrogen-bond donors (Lipinski definition) is 0. The van der Waals surface area contributed by atoms with Gasteiger partial charge in [-0.15, -0.1) is 5.10 Å². The summed E-state index contributed by atoms with van der Waals surface area (Å²) in [4.78, 5) is 0. The van der Waals surface area contributed by atoms with Crippen LogP contribution in [0.5, 0.6) is 0 Å². The fraction of sp³-hybridized carbons (Fsp3) is 0.250. The molecule has 2 aromatic rings. The largest absolute Gasteiger partial charge is 0.214 e. The van der Waals surface area contributed by atoms with E-state index in [0.29, 0.717) is 15.9 Å². The molecule has 0 aliphatic rings. The molecule has 0 N–H and O–H groups in total. The van der Waals surface area contributed by atoms with Gasteiger partial charge >= 0.3 is 0 Å². The van der Waals surface area contributed by atoms with Crippen LogP contribution in [-0.2, 0) is 0 Å². The van der Waals surface area contributed by atoms with E-state index in [0.717, 1.165) is 16.8 Å². The third-order valence-electron chi connectivity index (χ3n) is 2.45. The number of tetrazole rings is 1. The first-order chi connectivity index (χ1) is 8.59. The highest BCUT2D eigenvalue weighted by atomic mass is 35.5. The van der Waals surface area contributed by atoms with E-state index in [9.17, 15) is 0 Å². The average molecular weight is 281 g/mol. The molecule has 1 heterocycles. The van der Waals surface area contributed by atoms with Gasteiger partial charge in [0.2, 0.25) is 5.16 Å². The van der Waals surface area contributed by atoms with E-state index in [1.165, 1.54) is 11.8 Å². The topological polar surface area (TPSA) is 43.6 Å². The standard InChI is InChI=1S/C12H13ClN4S/c1-8-5-4-6-9(2)11(8)17-12(14-15-16-17)18-7-10(3)13/h4-6H,3,7H2,1-2H3. The second-order valence-corrected chi connectivity index (χ2v) is 5.40. The number of hydrogen-bond acceptors (Lipinski definition) is 4. The van der Waals surface area contributed by atoms with Gasteiger partial charge in [-0.25, -0.2) is 0 Å². The molecule has 1 aromatic heterocycles. The van der Waals surface area contributed by atoms with Crippen LogP contribution in [0.2, 0.25) is 0 Å². The molecule has 4 nitrogen and oxygen atoms in total. The Kier molecular flexibility index (Phi) is 4.04. The molecule has 0 atom stereocenters. The van der Waals surface area contributed by atoms with Gasteiger partial charge in [0.1, 0.15) is 0 Å². The zero-order valence-corrected chi connectivity index (χ0v) is 11.8. The van der Waals surface area contributed by atoms with Gasteiger partial charge in [0, 0.05) is 10.8 Å². The summed E-state index contributed by atoms with van der Waals surface area (Å²) in [5.41, 5.74) is 3.29.